The molecule has 0 radical (unpaired) electrons. The van der Waals surface area contributed by atoms with Gasteiger partial charge in [-0.3, -0.25) is 0 Å². The van der Waals surface area contributed by atoms with Crippen LogP contribution >= 0.6 is 10.5 Å². The Hall–Kier alpha value is -2.12. The number of benzene rings is 3. The van der Waals surface area contributed by atoms with Crippen molar-refractivity contribution in [3.05, 3.63) is 78.4 Å². The summed E-state index contributed by atoms with van der Waals surface area (Å²) in [5.74, 6) is 0.786. The standard InChI is InChI=1S/C24H23S/c1-2-8-18(9-3-1)19-14-16-20(17-15-19)25-23-12-6-4-10-21(23)22-11-5-7-13-24(22)25/h4-7,10-18H,1-3,8-9H2/q+1. The fourth-order valence-corrected chi connectivity index (χ4v) is 6.80. The van der Waals surface area contributed by atoms with Crippen molar-refractivity contribution in [2.45, 2.75) is 38.0 Å². The molecule has 5 rings (SSSR count). The number of fused-ring (bicyclic) bond motifs is 3. The molecule has 0 atom stereocenters. The first kappa shape index (κ1) is 15.2. The van der Waals surface area contributed by atoms with E-state index in [1.54, 1.807) is 5.56 Å². The van der Waals surface area contributed by atoms with Gasteiger partial charge < -0.3 is 0 Å². The van der Waals surface area contributed by atoms with Crippen LogP contribution in [0.2, 0.25) is 0 Å². The molecule has 1 heterocycles. The van der Waals surface area contributed by atoms with Crippen molar-refractivity contribution in [1.82, 2.24) is 0 Å². The molecule has 0 saturated heterocycles. The van der Waals surface area contributed by atoms with Crippen LogP contribution in [0.5, 0.6) is 0 Å². The summed E-state index contributed by atoms with van der Waals surface area (Å²) in [5, 5.41) is 2.83. The maximum absolute atomic E-state index is 2.40. The SMILES string of the molecule is c1ccc2c(c1)c1ccccc1[s+]2-c1ccc(C2CCCCC2)cc1. The van der Waals surface area contributed by atoms with Crippen molar-refractivity contribution in [3.63, 3.8) is 0 Å². The van der Waals surface area contributed by atoms with Gasteiger partial charge in [0.2, 0.25) is 0 Å². The van der Waals surface area contributed by atoms with E-state index in [1.165, 1.54) is 57.2 Å². The van der Waals surface area contributed by atoms with Crippen molar-refractivity contribution in [2.24, 2.45) is 0 Å². The maximum Gasteiger partial charge on any atom is 0.187 e. The summed E-state index contributed by atoms with van der Waals surface area (Å²) in [5.41, 5.74) is 1.55. The van der Waals surface area contributed by atoms with Crippen LogP contribution in [0.15, 0.2) is 72.8 Å². The van der Waals surface area contributed by atoms with Crippen molar-refractivity contribution in [3.8, 4) is 4.90 Å². The minimum atomic E-state index is 0.0462. The molecule has 1 heteroatoms. The molecular formula is C24H23S+. The zero-order valence-electron chi connectivity index (χ0n) is 14.4. The van der Waals surface area contributed by atoms with Gasteiger partial charge in [0.15, 0.2) is 14.3 Å². The van der Waals surface area contributed by atoms with Gasteiger partial charge in [-0.1, -0.05) is 55.7 Å². The summed E-state index contributed by atoms with van der Waals surface area (Å²) >= 11 is 0. The van der Waals surface area contributed by atoms with Crippen LogP contribution in [0.1, 0.15) is 43.6 Å². The second kappa shape index (κ2) is 6.31. The molecule has 0 nitrogen and oxygen atoms in total. The summed E-state index contributed by atoms with van der Waals surface area (Å²) < 4.78 is 2.96. The van der Waals surface area contributed by atoms with E-state index in [9.17, 15) is 0 Å². The molecule has 1 aliphatic carbocycles. The smallest absolute Gasteiger partial charge is 0.0612 e. The highest BCUT2D eigenvalue weighted by atomic mass is 32.2. The lowest BCUT2D eigenvalue weighted by Crippen LogP contribution is -2.03. The fourth-order valence-electron chi connectivity index (χ4n) is 4.42. The lowest BCUT2D eigenvalue weighted by atomic mass is 9.84. The summed E-state index contributed by atoms with van der Waals surface area (Å²) in [7, 11) is 0.0462. The van der Waals surface area contributed by atoms with Crippen molar-refractivity contribution in [1.29, 1.82) is 0 Å². The lowest BCUT2D eigenvalue weighted by molar-refractivity contribution is 0.443. The van der Waals surface area contributed by atoms with Crippen molar-refractivity contribution < 1.29 is 0 Å². The molecule has 1 fully saturated rings. The Kier molecular flexibility index (Phi) is 3.83. The van der Waals surface area contributed by atoms with E-state index in [2.05, 4.69) is 72.8 Å². The molecule has 0 unspecified atom stereocenters. The first-order valence-corrected chi connectivity index (χ1v) is 10.7. The van der Waals surface area contributed by atoms with E-state index < -0.39 is 0 Å². The Morgan fingerprint density at radius 1 is 0.600 bits per heavy atom. The molecule has 124 valence electrons. The van der Waals surface area contributed by atoms with Gasteiger partial charge in [0, 0.05) is 21.2 Å². The Morgan fingerprint density at radius 2 is 1.16 bits per heavy atom. The second-order valence-corrected chi connectivity index (χ2v) is 9.17. The van der Waals surface area contributed by atoms with Crippen LogP contribution in [-0.4, -0.2) is 0 Å². The van der Waals surface area contributed by atoms with Gasteiger partial charge in [0.25, 0.3) is 0 Å². The van der Waals surface area contributed by atoms with Gasteiger partial charge in [0.1, 0.15) is 0 Å². The van der Waals surface area contributed by atoms with Crippen LogP contribution in [0, 0.1) is 0 Å². The molecule has 0 bridgehead atoms. The Bertz CT molecular complexity index is 964. The van der Waals surface area contributed by atoms with Gasteiger partial charge in [-0.15, -0.1) is 0 Å². The van der Waals surface area contributed by atoms with Gasteiger partial charge in [-0.2, -0.15) is 0 Å². The van der Waals surface area contributed by atoms with Crippen LogP contribution < -0.4 is 0 Å². The average molecular weight is 344 g/mol. The highest BCUT2D eigenvalue weighted by Crippen LogP contribution is 2.48. The topological polar surface area (TPSA) is 0 Å². The summed E-state index contributed by atoms with van der Waals surface area (Å²) in [6.07, 6.45) is 6.97. The molecule has 1 aromatic heterocycles. The predicted octanol–water partition coefficient (Wildman–Crippen LogP) is 7.78. The largest absolute Gasteiger partial charge is 0.187 e. The van der Waals surface area contributed by atoms with E-state index in [0.717, 1.165) is 5.92 Å². The molecular weight excluding hydrogens is 320 g/mol. The highest BCUT2D eigenvalue weighted by molar-refractivity contribution is 7.50. The lowest BCUT2D eigenvalue weighted by Gasteiger charge is -2.21. The van der Waals surface area contributed by atoms with E-state index in [0.29, 0.717) is 0 Å². The van der Waals surface area contributed by atoms with Crippen molar-refractivity contribution >= 4 is 30.6 Å². The molecule has 0 aliphatic heterocycles. The summed E-state index contributed by atoms with van der Waals surface area (Å²) in [6.45, 7) is 0. The molecule has 1 saturated carbocycles. The van der Waals surface area contributed by atoms with E-state index in [4.69, 9.17) is 0 Å². The van der Waals surface area contributed by atoms with Crippen molar-refractivity contribution in [2.75, 3.05) is 0 Å². The highest BCUT2D eigenvalue weighted by Gasteiger charge is 2.23. The van der Waals surface area contributed by atoms with E-state index in [-0.39, 0.29) is 10.5 Å². The monoisotopic (exact) mass is 343 g/mol. The van der Waals surface area contributed by atoms with Gasteiger partial charge in [0.05, 0.1) is 0 Å². The predicted molar refractivity (Wildman–Crippen MR) is 111 cm³/mol. The van der Waals surface area contributed by atoms with Gasteiger partial charge >= 0.3 is 0 Å². The van der Waals surface area contributed by atoms with Crippen LogP contribution in [0.3, 0.4) is 0 Å². The maximum atomic E-state index is 2.40. The molecule has 0 N–H and O–H groups in total. The van der Waals surface area contributed by atoms with Crippen LogP contribution in [0.4, 0.5) is 0 Å². The fraction of sp³-hybridized carbons (Fsp3) is 0.250. The first-order valence-electron chi connectivity index (χ1n) is 9.44. The third-order valence-corrected chi connectivity index (χ3v) is 8.03. The molecule has 1 aliphatic rings. The minimum Gasteiger partial charge on any atom is -0.0612 e. The summed E-state index contributed by atoms with van der Waals surface area (Å²) in [6, 6.07) is 27.5. The van der Waals surface area contributed by atoms with Crippen LogP contribution in [0.25, 0.3) is 25.1 Å². The normalized spacial score (nSPS) is 15.8. The third kappa shape index (κ3) is 2.58. The number of hydrogen-bond acceptors (Lipinski definition) is 0. The molecule has 0 spiro atoms. The number of thiophene rings is 1. The van der Waals surface area contributed by atoms with Gasteiger partial charge in [-0.25, -0.2) is 0 Å². The number of hydrogen-bond donors (Lipinski definition) is 0. The van der Waals surface area contributed by atoms with Crippen LogP contribution in [-0.2, 0) is 0 Å². The molecule has 0 amide bonds. The Morgan fingerprint density at radius 3 is 1.76 bits per heavy atom. The second-order valence-electron chi connectivity index (χ2n) is 7.20. The van der Waals surface area contributed by atoms with E-state index >= 15 is 0 Å². The van der Waals surface area contributed by atoms with Gasteiger partial charge in [-0.05, 0) is 60.7 Å². The molecule has 3 aromatic carbocycles. The molecule has 25 heavy (non-hydrogen) atoms. The molecule has 4 aromatic rings. The Balaban J connectivity index is 1.65. The number of rotatable bonds is 2. The quantitative estimate of drug-likeness (QED) is 0.326. The summed E-state index contributed by atoms with van der Waals surface area (Å²) in [4.78, 5) is 1.46. The minimum absolute atomic E-state index is 0.0462. The first-order chi connectivity index (χ1) is 12.4. The third-order valence-electron chi connectivity index (χ3n) is 5.70. The average Bonchev–Trinajstić information content (AvgIpc) is 3.03. The zero-order chi connectivity index (χ0) is 16.6. The Labute approximate surface area is 152 Å². The van der Waals surface area contributed by atoms with E-state index in [1.807, 2.05) is 0 Å². The zero-order valence-corrected chi connectivity index (χ0v) is 15.3.